The van der Waals surface area contributed by atoms with E-state index in [1.807, 2.05) is 49.4 Å². The molecule has 142 valence electrons. The van der Waals surface area contributed by atoms with Gasteiger partial charge in [0.2, 0.25) is 0 Å². The van der Waals surface area contributed by atoms with Gasteiger partial charge in [0.15, 0.2) is 0 Å². The molecule has 3 aromatic rings. The zero-order valence-electron chi connectivity index (χ0n) is 15.5. The van der Waals surface area contributed by atoms with Crippen molar-refractivity contribution >= 4 is 32.7 Å². The standard InChI is InChI=1S/C20H22ClN3O2S/c1-13-20-19(15-9-5-7-11-18(15)22-20)16(14-8-4-6-10-17(14)21)12-24(13)27(25,26)23(2)3/h4-11,13,16,22H,12H2,1-3H3/t13-,16+/m1/s1. The van der Waals surface area contributed by atoms with Gasteiger partial charge in [0.25, 0.3) is 10.2 Å². The summed E-state index contributed by atoms with van der Waals surface area (Å²) < 4.78 is 28.8. The Labute approximate surface area is 164 Å². The van der Waals surface area contributed by atoms with Crippen molar-refractivity contribution in [1.29, 1.82) is 0 Å². The highest BCUT2D eigenvalue weighted by atomic mass is 35.5. The molecule has 1 aliphatic rings. The average molecular weight is 404 g/mol. The lowest BCUT2D eigenvalue weighted by Gasteiger charge is -2.38. The van der Waals surface area contributed by atoms with Gasteiger partial charge in [-0.15, -0.1) is 0 Å². The van der Waals surface area contributed by atoms with Gasteiger partial charge < -0.3 is 4.98 Å². The van der Waals surface area contributed by atoms with Crippen molar-refractivity contribution in [3.05, 3.63) is 70.4 Å². The maximum atomic E-state index is 13.0. The third-order valence-electron chi connectivity index (χ3n) is 5.38. The molecule has 0 amide bonds. The van der Waals surface area contributed by atoms with E-state index in [-0.39, 0.29) is 12.0 Å². The lowest BCUT2D eigenvalue weighted by atomic mass is 9.85. The SMILES string of the molecule is C[C@@H]1c2[nH]c3ccccc3c2[C@H](c2ccccc2Cl)CN1S(=O)(=O)N(C)C. The molecule has 27 heavy (non-hydrogen) atoms. The third-order valence-corrected chi connectivity index (χ3v) is 7.70. The van der Waals surface area contributed by atoms with Gasteiger partial charge in [0.1, 0.15) is 0 Å². The monoisotopic (exact) mass is 403 g/mol. The topological polar surface area (TPSA) is 56.4 Å². The van der Waals surface area contributed by atoms with E-state index in [0.29, 0.717) is 11.6 Å². The van der Waals surface area contributed by atoms with Crippen molar-refractivity contribution in [1.82, 2.24) is 13.6 Å². The normalized spacial score (nSPS) is 20.9. The van der Waals surface area contributed by atoms with E-state index in [1.54, 1.807) is 18.4 Å². The van der Waals surface area contributed by atoms with E-state index in [2.05, 4.69) is 11.1 Å². The molecular formula is C20H22ClN3O2S. The molecule has 0 aliphatic carbocycles. The highest BCUT2D eigenvalue weighted by Gasteiger charge is 2.41. The molecule has 4 rings (SSSR count). The lowest BCUT2D eigenvalue weighted by molar-refractivity contribution is 0.288. The van der Waals surface area contributed by atoms with Crippen molar-refractivity contribution in [2.75, 3.05) is 20.6 Å². The van der Waals surface area contributed by atoms with Crippen LogP contribution < -0.4 is 0 Å². The molecule has 2 aromatic carbocycles. The van der Waals surface area contributed by atoms with Crippen LogP contribution >= 0.6 is 11.6 Å². The quantitative estimate of drug-likeness (QED) is 0.714. The molecule has 1 N–H and O–H groups in total. The Morgan fingerprint density at radius 3 is 2.48 bits per heavy atom. The van der Waals surface area contributed by atoms with Crippen LogP contribution in [-0.2, 0) is 10.2 Å². The fourth-order valence-corrected chi connectivity index (χ4v) is 5.51. The number of para-hydroxylation sites is 1. The Kier molecular flexibility index (Phi) is 4.55. The molecule has 0 saturated carbocycles. The number of H-pyrrole nitrogens is 1. The number of nitrogens with zero attached hydrogens (tertiary/aromatic N) is 2. The lowest BCUT2D eigenvalue weighted by Crippen LogP contribution is -2.46. The van der Waals surface area contributed by atoms with Crippen LogP contribution in [0.5, 0.6) is 0 Å². The van der Waals surface area contributed by atoms with Crippen molar-refractivity contribution in [3.8, 4) is 0 Å². The predicted octanol–water partition coefficient (Wildman–Crippen LogP) is 4.14. The Balaban J connectivity index is 1.98. The summed E-state index contributed by atoms with van der Waals surface area (Å²) in [5, 5.41) is 1.77. The minimum atomic E-state index is -3.58. The molecule has 5 nitrogen and oxygen atoms in total. The molecule has 7 heteroatoms. The van der Waals surface area contributed by atoms with E-state index >= 15 is 0 Å². The second-order valence-corrected chi connectivity index (χ2v) is 9.61. The Morgan fingerprint density at radius 2 is 1.78 bits per heavy atom. The summed E-state index contributed by atoms with van der Waals surface area (Å²) >= 11 is 6.51. The van der Waals surface area contributed by atoms with Gasteiger partial charge in [-0.1, -0.05) is 48.0 Å². The molecule has 1 aromatic heterocycles. The van der Waals surface area contributed by atoms with Crippen molar-refractivity contribution in [2.45, 2.75) is 18.9 Å². The van der Waals surface area contributed by atoms with Gasteiger partial charge in [-0.2, -0.15) is 17.0 Å². The van der Waals surface area contributed by atoms with Crippen molar-refractivity contribution < 1.29 is 8.42 Å². The summed E-state index contributed by atoms with van der Waals surface area (Å²) in [4.78, 5) is 3.46. The molecule has 1 aliphatic heterocycles. The fourth-order valence-electron chi connectivity index (χ4n) is 3.98. The highest BCUT2D eigenvalue weighted by molar-refractivity contribution is 7.86. The summed E-state index contributed by atoms with van der Waals surface area (Å²) in [6, 6.07) is 15.5. The van der Waals surface area contributed by atoms with E-state index < -0.39 is 10.2 Å². The minimum Gasteiger partial charge on any atom is -0.357 e. The van der Waals surface area contributed by atoms with Crippen LogP contribution in [0, 0.1) is 0 Å². The zero-order chi connectivity index (χ0) is 19.3. The molecule has 0 fully saturated rings. The van der Waals surface area contributed by atoms with Gasteiger partial charge in [0, 0.05) is 48.2 Å². The van der Waals surface area contributed by atoms with Crippen LogP contribution in [0.15, 0.2) is 48.5 Å². The first-order chi connectivity index (χ1) is 12.8. The molecule has 0 bridgehead atoms. The number of aromatic amines is 1. The van der Waals surface area contributed by atoms with Crippen molar-refractivity contribution in [3.63, 3.8) is 0 Å². The molecule has 0 unspecified atom stereocenters. The maximum Gasteiger partial charge on any atom is 0.282 e. The minimum absolute atomic E-state index is 0.143. The number of hydrogen-bond acceptors (Lipinski definition) is 2. The number of nitrogens with one attached hydrogen (secondary N) is 1. The van der Waals surface area contributed by atoms with E-state index in [1.165, 1.54) is 4.31 Å². The Hall–Kier alpha value is -1.86. The largest absolute Gasteiger partial charge is 0.357 e. The fraction of sp³-hybridized carbons (Fsp3) is 0.300. The van der Waals surface area contributed by atoms with Gasteiger partial charge in [-0.3, -0.25) is 0 Å². The number of aromatic nitrogens is 1. The Bertz CT molecular complexity index is 1110. The predicted molar refractivity (Wildman–Crippen MR) is 109 cm³/mol. The van der Waals surface area contributed by atoms with E-state index in [4.69, 9.17) is 11.6 Å². The number of halogens is 1. The number of fused-ring (bicyclic) bond motifs is 3. The smallest absolute Gasteiger partial charge is 0.282 e. The van der Waals surface area contributed by atoms with E-state index in [9.17, 15) is 8.42 Å². The maximum absolute atomic E-state index is 13.0. The molecule has 2 heterocycles. The first kappa shape index (κ1) is 18.5. The first-order valence-electron chi connectivity index (χ1n) is 8.86. The van der Waals surface area contributed by atoms with Gasteiger partial charge in [-0.25, -0.2) is 0 Å². The number of rotatable bonds is 3. The highest BCUT2D eigenvalue weighted by Crippen LogP contribution is 2.45. The summed E-state index contributed by atoms with van der Waals surface area (Å²) in [5.74, 6) is -0.143. The van der Waals surface area contributed by atoms with E-state index in [0.717, 1.165) is 27.7 Å². The van der Waals surface area contributed by atoms with Crippen LogP contribution in [0.2, 0.25) is 5.02 Å². The van der Waals surface area contributed by atoms with Crippen LogP contribution in [0.3, 0.4) is 0 Å². The van der Waals surface area contributed by atoms with Crippen molar-refractivity contribution in [2.24, 2.45) is 0 Å². The summed E-state index contributed by atoms with van der Waals surface area (Å²) in [7, 11) is -0.454. The first-order valence-corrected chi connectivity index (χ1v) is 10.6. The summed E-state index contributed by atoms with van der Waals surface area (Å²) in [5.41, 5.74) is 4.01. The molecule has 0 radical (unpaired) electrons. The van der Waals surface area contributed by atoms with Crippen LogP contribution in [0.25, 0.3) is 10.9 Å². The van der Waals surface area contributed by atoms with Gasteiger partial charge in [0.05, 0.1) is 6.04 Å². The summed E-state index contributed by atoms with van der Waals surface area (Å²) in [6.07, 6.45) is 0. The van der Waals surface area contributed by atoms with Crippen LogP contribution in [0.4, 0.5) is 0 Å². The summed E-state index contributed by atoms with van der Waals surface area (Å²) in [6.45, 7) is 2.28. The van der Waals surface area contributed by atoms with Crippen LogP contribution in [-0.4, -0.2) is 42.7 Å². The molecule has 0 saturated heterocycles. The zero-order valence-corrected chi connectivity index (χ0v) is 17.1. The molecular weight excluding hydrogens is 382 g/mol. The van der Waals surface area contributed by atoms with Gasteiger partial charge >= 0.3 is 0 Å². The average Bonchev–Trinajstić information content (AvgIpc) is 3.03. The molecule has 2 atom stereocenters. The molecule has 0 spiro atoms. The van der Waals surface area contributed by atoms with Crippen LogP contribution in [0.1, 0.15) is 35.7 Å². The number of benzene rings is 2. The van der Waals surface area contributed by atoms with Gasteiger partial charge in [-0.05, 0) is 30.2 Å². The second-order valence-electron chi connectivity index (χ2n) is 7.11. The number of hydrogen-bond donors (Lipinski definition) is 1. The Morgan fingerprint density at radius 1 is 1.11 bits per heavy atom. The second kappa shape index (κ2) is 6.63. The third kappa shape index (κ3) is 2.88.